The second-order valence-corrected chi connectivity index (χ2v) is 7.05. The zero-order valence-corrected chi connectivity index (χ0v) is 16.2. The van der Waals surface area contributed by atoms with Crippen molar-refractivity contribution in [2.45, 2.75) is 13.5 Å². The Labute approximate surface area is 165 Å². The summed E-state index contributed by atoms with van der Waals surface area (Å²) in [5.74, 6) is 0.598. The predicted molar refractivity (Wildman–Crippen MR) is 108 cm³/mol. The second kappa shape index (κ2) is 9.37. The Morgan fingerprint density at radius 1 is 0.964 bits per heavy atom. The SMILES string of the molecule is CC(CN)C(=O)N1CCN(C(=O)c2ccc(OCc3ccccc3)cc2)CC1. The summed E-state index contributed by atoms with van der Waals surface area (Å²) in [4.78, 5) is 28.5. The number of rotatable bonds is 6. The third-order valence-corrected chi connectivity index (χ3v) is 5.00. The molecular weight excluding hydrogens is 354 g/mol. The molecule has 1 atom stereocenters. The van der Waals surface area contributed by atoms with E-state index in [1.54, 1.807) is 21.9 Å². The predicted octanol–water partition coefficient (Wildman–Crippen LogP) is 2.14. The molecule has 0 bridgehead atoms. The summed E-state index contributed by atoms with van der Waals surface area (Å²) >= 11 is 0. The molecule has 1 aliphatic rings. The molecule has 2 aromatic carbocycles. The first-order valence-corrected chi connectivity index (χ1v) is 9.63. The first-order chi connectivity index (χ1) is 13.6. The maximum Gasteiger partial charge on any atom is 0.253 e. The van der Waals surface area contributed by atoms with Crippen molar-refractivity contribution in [1.82, 2.24) is 9.80 Å². The Kier molecular flexibility index (Phi) is 6.66. The van der Waals surface area contributed by atoms with Crippen molar-refractivity contribution >= 4 is 11.8 Å². The Morgan fingerprint density at radius 2 is 1.57 bits per heavy atom. The molecule has 6 nitrogen and oxygen atoms in total. The van der Waals surface area contributed by atoms with E-state index in [1.165, 1.54) is 0 Å². The van der Waals surface area contributed by atoms with Gasteiger partial charge in [-0.3, -0.25) is 9.59 Å². The molecule has 148 valence electrons. The summed E-state index contributed by atoms with van der Waals surface area (Å²) in [6, 6.07) is 17.2. The summed E-state index contributed by atoms with van der Waals surface area (Å²) in [5, 5.41) is 0. The van der Waals surface area contributed by atoms with Crippen molar-refractivity contribution in [1.29, 1.82) is 0 Å². The molecule has 0 radical (unpaired) electrons. The van der Waals surface area contributed by atoms with Gasteiger partial charge in [0.05, 0.1) is 0 Å². The number of hydrogen-bond donors (Lipinski definition) is 1. The van der Waals surface area contributed by atoms with E-state index in [0.29, 0.717) is 44.9 Å². The molecule has 1 heterocycles. The monoisotopic (exact) mass is 381 g/mol. The zero-order valence-electron chi connectivity index (χ0n) is 16.2. The molecule has 0 aliphatic carbocycles. The maximum atomic E-state index is 12.7. The zero-order chi connectivity index (χ0) is 19.9. The number of carbonyl (C=O) groups excluding carboxylic acids is 2. The van der Waals surface area contributed by atoms with Gasteiger partial charge >= 0.3 is 0 Å². The van der Waals surface area contributed by atoms with Crippen molar-refractivity contribution in [3.8, 4) is 5.75 Å². The van der Waals surface area contributed by atoms with Gasteiger partial charge in [-0.25, -0.2) is 0 Å². The smallest absolute Gasteiger partial charge is 0.253 e. The topological polar surface area (TPSA) is 75.9 Å². The van der Waals surface area contributed by atoms with Gasteiger partial charge in [0.15, 0.2) is 0 Å². The van der Waals surface area contributed by atoms with Crippen LogP contribution in [-0.2, 0) is 11.4 Å². The number of nitrogens with two attached hydrogens (primary N) is 1. The highest BCUT2D eigenvalue weighted by Crippen LogP contribution is 2.17. The van der Waals surface area contributed by atoms with Crippen LogP contribution in [0.15, 0.2) is 54.6 Å². The molecule has 1 saturated heterocycles. The van der Waals surface area contributed by atoms with E-state index in [9.17, 15) is 9.59 Å². The van der Waals surface area contributed by atoms with Crippen LogP contribution in [0.3, 0.4) is 0 Å². The summed E-state index contributed by atoms with van der Waals surface area (Å²) in [5.41, 5.74) is 7.30. The lowest BCUT2D eigenvalue weighted by atomic mass is 10.1. The fraction of sp³-hybridized carbons (Fsp3) is 0.364. The molecule has 1 unspecified atom stereocenters. The fourth-order valence-corrected chi connectivity index (χ4v) is 3.16. The molecule has 6 heteroatoms. The van der Waals surface area contributed by atoms with Crippen LogP contribution in [0.4, 0.5) is 0 Å². The number of carbonyl (C=O) groups is 2. The molecule has 0 spiro atoms. The quantitative estimate of drug-likeness (QED) is 0.832. The highest BCUT2D eigenvalue weighted by Gasteiger charge is 2.26. The third kappa shape index (κ3) is 4.89. The van der Waals surface area contributed by atoms with Crippen molar-refractivity contribution in [2.75, 3.05) is 32.7 Å². The summed E-state index contributed by atoms with van der Waals surface area (Å²) in [6.45, 7) is 4.84. The third-order valence-electron chi connectivity index (χ3n) is 5.00. The minimum absolute atomic E-state index is 0.0198. The van der Waals surface area contributed by atoms with Gasteiger partial charge in [-0.1, -0.05) is 37.3 Å². The Balaban J connectivity index is 1.51. The molecule has 28 heavy (non-hydrogen) atoms. The van der Waals surface area contributed by atoms with Crippen LogP contribution in [0, 0.1) is 5.92 Å². The lowest BCUT2D eigenvalue weighted by molar-refractivity contribution is -0.136. The van der Waals surface area contributed by atoms with Crippen LogP contribution in [-0.4, -0.2) is 54.3 Å². The van der Waals surface area contributed by atoms with Gasteiger partial charge in [0.25, 0.3) is 5.91 Å². The highest BCUT2D eigenvalue weighted by molar-refractivity contribution is 5.94. The Hall–Kier alpha value is -2.86. The lowest BCUT2D eigenvalue weighted by Gasteiger charge is -2.36. The summed E-state index contributed by atoms with van der Waals surface area (Å²) in [6.07, 6.45) is 0. The van der Waals surface area contributed by atoms with Crippen LogP contribution in [0.25, 0.3) is 0 Å². The molecule has 1 aliphatic heterocycles. The van der Waals surface area contributed by atoms with Crippen molar-refractivity contribution in [3.63, 3.8) is 0 Å². The molecule has 0 saturated carbocycles. The summed E-state index contributed by atoms with van der Waals surface area (Å²) < 4.78 is 5.77. The number of ether oxygens (including phenoxy) is 1. The number of piperazine rings is 1. The Morgan fingerprint density at radius 3 is 2.18 bits per heavy atom. The van der Waals surface area contributed by atoms with Crippen molar-refractivity contribution in [2.24, 2.45) is 11.7 Å². The molecule has 2 aromatic rings. The van der Waals surface area contributed by atoms with E-state index in [1.807, 2.05) is 49.4 Å². The van der Waals surface area contributed by atoms with Crippen LogP contribution < -0.4 is 10.5 Å². The van der Waals surface area contributed by atoms with Crippen LogP contribution in [0.5, 0.6) is 5.75 Å². The number of benzene rings is 2. The Bertz CT molecular complexity index is 784. The molecule has 1 fully saturated rings. The molecule has 0 aromatic heterocycles. The average molecular weight is 381 g/mol. The molecule has 2 amide bonds. The van der Waals surface area contributed by atoms with Gasteiger partial charge in [0.1, 0.15) is 12.4 Å². The lowest BCUT2D eigenvalue weighted by Crippen LogP contribution is -2.52. The first kappa shape index (κ1) is 19.9. The number of nitrogens with zero attached hydrogens (tertiary/aromatic N) is 2. The largest absolute Gasteiger partial charge is 0.489 e. The van der Waals surface area contributed by atoms with Gasteiger partial charge in [0.2, 0.25) is 5.91 Å². The van der Waals surface area contributed by atoms with Crippen LogP contribution in [0.2, 0.25) is 0 Å². The standard InChI is InChI=1S/C22H27N3O3/c1-17(15-23)21(26)24-11-13-25(14-12-24)22(27)19-7-9-20(10-8-19)28-16-18-5-3-2-4-6-18/h2-10,17H,11-16,23H2,1H3. The fourth-order valence-electron chi connectivity index (χ4n) is 3.16. The van der Waals surface area contributed by atoms with E-state index >= 15 is 0 Å². The first-order valence-electron chi connectivity index (χ1n) is 9.63. The van der Waals surface area contributed by atoms with Gasteiger partial charge in [-0.2, -0.15) is 0 Å². The highest BCUT2D eigenvalue weighted by atomic mass is 16.5. The maximum absolute atomic E-state index is 12.7. The van der Waals surface area contributed by atoms with Crippen LogP contribution >= 0.6 is 0 Å². The molecule has 2 N–H and O–H groups in total. The average Bonchev–Trinajstić information content (AvgIpc) is 2.77. The van der Waals surface area contributed by atoms with E-state index in [-0.39, 0.29) is 17.7 Å². The molecule has 3 rings (SSSR count). The minimum atomic E-state index is -0.175. The number of amides is 2. The van der Waals surface area contributed by atoms with E-state index in [2.05, 4.69) is 0 Å². The van der Waals surface area contributed by atoms with Crippen molar-refractivity contribution in [3.05, 3.63) is 65.7 Å². The second-order valence-electron chi connectivity index (χ2n) is 7.05. The minimum Gasteiger partial charge on any atom is -0.489 e. The van der Waals surface area contributed by atoms with Gasteiger partial charge < -0.3 is 20.3 Å². The van der Waals surface area contributed by atoms with Crippen molar-refractivity contribution < 1.29 is 14.3 Å². The van der Waals surface area contributed by atoms with Gasteiger partial charge in [0, 0.05) is 44.2 Å². The normalized spacial score (nSPS) is 15.2. The van der Waals surface area contributed by atoms with Crippen LogP contribution in [0.1, 0.15) is 22.8 Å². The summed E-state index contributed by atoms with van der Waals surface area (Å²) in [7, 11) is 0. The van der Waals surface area contributed by atoms with Gasteiger partial charge in [-0.05, 0) is 29.8 Å². The van der Waals surface area contributed by atoms with E-state index in [4.69, 9.17) is 10.5 Å². The van der Waals surface area contributed by atoms with E-state index in [0.717, 1.165) is 11.3 Å². The molecular formula is C22H27N3O3. The van der Waals surface area contributed by atoms with E-state index < -0.39 is 0 Å². The number of hydrogen-bond acceptors (Lipinski definition) is 4. The van der Waals surface area contributed by atoms with Gasteiger partial charge in [-0.15, -0.1) is 0 Å².